The fourth-order valence-corrected chi connectivity index (χ4v) is 3.84. The van der Waals surface area contributed by atoms with Crippen LogP contribution in [0.1, 0.15) is 39.2 Å². The van der Waals surface area contributed by atoms with Crippen LogP contribution in [0, 0.1) is 29.6 Å². The Bertz CT molecular complexity index is 473. The molecular weight excluding hydrogens is 238 g/mol. The Morgan fingerprint density at radius 2 is 1.89 bits per heavy atom. The normalized spacial score (nSPS) is 27.4. The van der Waals surface area contributed by atoms with E-state index in [9.17, 15) is 5.26 Å². The zero-order valence-corrected chi connectivity index (χ0v) is 12.5. The Morgan fingerprint density at radius 1 is 1.28 bits per heavy atom. The van der Waals surface area contributed by atoms with Gasteiger partial charge in [0.15, 0.2) is 0 Å². The fourth-order valence-electron chi connectivity index (χ4n) is 2.43. The lowest BCUT2D eigenvalue weighted by Gasteiger charge is -2.48. The van der Waals surface area contributed by atoms with Crippen LogP contribution in [0.5, 0.6) is 0 Å². The van der Waals surface area contributed by atoms with Crippen molar-refractivity contribution in [2.24, 2.45) is 11.3 Å². The summed E-state index contributed by atoms with van der Waals surface area (Å²) in [6.45, 7) is 8.94. The van der Waals surface area contributed by atoms with Crippen LogP contribution in [-0.4, -0.2) is 4.75 Å². The van der Waals surface area contributed by atoms with Gasteiger partial charge >= 0.3 is 0 Å². The van der Waals surface area contributed by atoms with E-state index >= 15 is 0 Å². The van der Waals surface area contributed by atoms with Crippen LogP contribution in [0.3, 0.4) is 0 Å². The molecule has 0 saturated heterocycles. The summed E-state index contributed by atoms with van der Waals surface area (Å²) >= 11 is 1.76. The van der Waals surface area contributed by atoms with Crippen LogP contribution in [0.2, 0.25) is 0 Å². The lowest BCUT2D eigenvalue weighted by molar-refractivity contribution is 0.122. The van der Waals surface area contributed by atoms with Gasteiger partial charge in [0.2, 0.25) is 0 Å². The summed E-state index contributed by atoms with van der Waals surface area (Å²) in [7, 11) is 0. The highest BCUT2D eigenvalue weighted by Crippen LogP contribution is 2.56. The van der Waals surface area contributed by atoms with Gasteiger partial charge in [-0.1, -0.05) is 39.0 Å². The summed E-state index contributed by atoms with van der Waals surface area (Å²) in [4.78, 5) is 1.26. The molecule has 0 unspecified atom stereocenters. The van der Waals surface area contributed by atoms with Crippen molar-refractivity contribution in [2.75, 3.05) is 0 Å². The molecule has 96 valence electrons. The number of hydrogen-bond donors (Lipinski definition) is 0. The van der Waals surface area contributed by atoms with E-state index in [1.165, 1.54) is 10.5 Å². The summed E-state index contributed by atoms with van der Waals surface area (Å²) in [5, 5.41) is 9.50. The predicted octanol–water partition coefficient (Wildman–Crippen LogP) is 4.81. The molecule has 0 aromatic heterocycles. The first kappa shape index (κ1) is 13.5. The third kappa shape index (κ3) is 2.57. The molecule has 0 aliphatic heterocycles. The average Bonchev–Trinajstić information content (AvgIpc) is 2.24. The van der Waals surface area contributed by atoms with E-state index in [0.29, 0.717) is 11.3 Å². The van der Waals surface area contributed by atoms with Crippen molar-refractivity contribution in [3.63, 3.8) is 0 Å². The van der Waals surface area contributed by atoms with Gasteiger partial charge < -0.3 is 0 Å². The van der Waals surface area contributed by atoms with Gasteiger partial charge in [-0.05, 0) is 42.7 Å². The van der Waals surface area contributed by atoms with E-state index < -0.39 is 0 Å². The molecule has 0 heterocycles. The highest BCUT2D eigenvalue weighted by molar-refractivity contribution is 8.01. The molecule has 0 bridgehead atoms. The molecule has 18 heavy (non-hydrogen) atoms. The van der Waals surface area contributed by atoms with Crippen LogP contribution in [-0.2, 0) is 0 Å². The van der Waals surface area contributed by atoms with Crippen molar-refractivity contribution in [3.05, 3.63) is 29.8 Å². The van der Waals surface area contributed by atoms with Gasteiger partial charge in [0, 0.05) is 4.90 Å². The average molecular weight is 259 g/mol. The smallest absolute Gasteiger partial charge is 0.108 e. The molecule has 1 nitrogen and oxygen atoms in total. The highest BCUT2D eigenvalue weighted by atomic mass is 32.2. The lowest BCUT2D eigenvalue weighted by Crippen LogP contribution is -2.45. The third-order valence-corrected chi connectivity index (χ3v) is 5.47. The first-order valence-corrected chi connectivity index (χ1v) is 7.34. The van der Waals surface area contributed by atoms with Crippen LogP contribution in [0.25, 0.3) is 0 Å². The maximum Gasteiger partial charge on any atom is 0.108 e. The summed E-state index contributed by atoms with van der Waals surface area (Å²) in [5.74, 6) is 0.675. The van der Waals surface area contributed by atoms with Crippen LogP contribution < -0.4 is 0 Å². The Morgan fingerprint density at radius 3 is 2.39 bits per heavy atom. The minimum absolute atomic E-state index is 0.190. The molecular formula is C16H21NS. The molecule has 1 aliphatic carbocycles. The van der Waals surface area contributed by atoms with Crippen LogP contribution in [0.4, 0.5) is 0 Å². The standard InChI is InChI=1S/C16H21NS/c1-12-7-5-6-8-14(12)18-16(11-17)9-13(10-16)15(2,3)4/h5-8,13H,9-10H2,1-4H3. The monoisotopic (exact) mass is 259 g/mol. The number of hydrogen-bond acceptors (Lipinski definition) is 2. The minimum Gasteiger partial charge on any atom is -0.197 e. The number of aryl methyl sites for hydroxylation is 1. The van der Waals surface area contributed by atoms with E-state index in [2.05, 4.69) is 58.0 Å². The van der Waals surface area contributed by atoms with Crippen LogP contribution >= 0.6 is 11.8 Å². The molecule has 0 amide bonds. The molecule has 2 rings (SSSR count). The molecule has 2 heteroatoms. The molecule has 0 N–H and O–H groups in total. The SMILES string of the molecule is Cc1ccccc1SC1(C#N)CC(C(C)(C)C)C1. The number of thioether (sulfide) groups is 1. The second-order valence-electron chi connectivity index (χ2n) is 6.44. The number of nitriles is 1. The Hall–Kier alpha value is -0.940. The molecule has 1 saturated carbocycles. The number of benzene rings is 1. The number of nitrogens with zero attached hydrogens (tertiary/aromatic N) is 1. The van der Waals surface area contributed by atoms with Crippen molar-refractivity contribution in [3.8, 4) is 6.07 Å². The van der Waals surface area contributed by atoms with Crippen molar-refractivity contribution in [1.82, 2.24) is 0 Å². The third-order valence-electron chi connectivity index (χ3n) is 3.98. The summed E-state index contributed by atoms with van der Waals surface area (Å²) in [6, 6.07) is 10.9. The Kier molecular flexibility index (Phi) is 3.47. The molecule has 1 aromatic carbocycles. The molecule has 1 fully saturated rings. The van der Waals surface area contributed by atoms with E-state index in [0.717, 1.165) is 12.8 Å². The van der Waals surface area contributed by atoms with Gasteiger partial charge in [0.1, 0.15) is 4.75 Å². The van der Waals surface area contributed by atoms with Gasteiger partial charge in [-0.2, -0.15) is 5.26 Å². The molecule has 1 aromatic rings. The molecule has 0 radical (unpaired) electrons. The van der Waals surface area contributed by atoms with Crippen LogP contribution in [0.15, 0.2) is 29.2 Å². The summed E-state index contributed by atoms with van der Waals surface area (Å²) in [6.07, 6.45) is 2.04. The zero-order chi connectivity index (χ0) is 13.4. The first-order valence-electron chi connectivity index (χ1n) is 6.52. The van der Waals surface area contributed by atoms with E-state index in [1.807, 2.05) is 0 Å². The van der Waals surface area contributed by atoms with Gasteiger partial charge in [-0.25, -0.2) is 0 Å². The molecule has 1 aliphatic rings. The van der Waals surface area contributed by atoms with Crippen molar-refractivity contribution < 1.29 is 0 Å². The van der Waals surface area contributed by atoms with E-state index in [4.69, 9.17) is 0 Å². The van der Waals surface area contributed by atoms with Gasteiger partial charge in [0.25, 0.3) is 0 Å². The largest absolute Gasteiger partial charge is 0.197 e. The zero-order valence-electron chi connectivity index (χ0n) is 11.7. The second kappa shape index (κ2) is 4.63. The Labute approximate surface area is 115 Å². The predicted molar refractivity (Wildman–Crippen MR) is 77.6 cm³/mol. The summed E-state index contributed by atoms with van der Waals surface area (Å²) in [5.41, 5.74) is 1.60. The first-order chi connectivity index (χ1) is 8.36. The Balaban J connectivity index is 2.10. The van der Waals surface area contributed by atoms with E-state index in [1.54, 1.807) is 11.8 Å². The van der Waals surface area contributed by atoms with Crippen molar-refractivity contribution in [1.29, 1.82) is 5.26 Å². The maximum atomic E-state index is 9.50. The van der Waals surface area contributed by atoms with Gasteiger partial charge in [-0.3, -0.25) is 0 Å². The minimum atomic E-state index is -0.190. The summed E-state index contributed by atoms with van der Waals surface area (Å²) < 4.78 is -0.190. The lowest BCUT2D eigenvalue weighted by atomic mass is 9.63. The second-order valence-corrected chi connectivity index (χ2v) is 7.87. The van der Waals surface area contributed by atoms with Gasteiger partial charge in [0.05, 0.1) is 6.07 Å². The van der Waals surface area contributed by atoms with E-state index in [-0.39, 0.29) is 4.75 Å². The van der Waals surface area contributed by atoms with Crippen molar-refractivity contribution in [2.45, 2.75) is 50.2 Å². The molecule has 0 spiro atoms. The molecule has 0 atom stereocenters. The quantitative estimate of drug-likeness (QED) is 0.761. The maximum absolute atomic E-state index is 9.50. The highest BCUT2D eigenvalue weighted by Gasteiger charge is 2.49. The topological polar surface area (TPSA) is 23.8 Å². The van der Waals surface area contributed by atoms with Crippen molar-refractivity contribution >= 4 is 11.8 Å². The fraction of sp³-hybridized carbons (Fsp3) is 0.562. The van der Waals surface area contributed by atoms with Gasteiger partial charge in [-0.15, -0.1) is 11.8 Å². The number of rotatable bonds is 2.